The van der Waals surface area contributed by atoms with Gasteiger partial charge in [-0.3, -0.25) is 14.5 Å². The van der Waals surface area contributed by atoms with E-state index in [1.807, 2.05) is 6.92 Å². The van der Waals surface area contributed by atoms with E-state index in [9.17, 15) is 9.59 Å². The molecule has 0 saturated carbocycles. The Morgan fingerprint density at radius 2 is 2.07 bits per heavy atom. The lowest BCUT2D eigenvalue weighted by Crippen LogP contribution is -2.46. The Balaban J connectivity index is 4.36. The van der Waals surface area contributed by atoms with E-state index in [1.165, 1.54) is 7.11 Å². The standard InChI is InChI=1S/C10H20N2O3/c1-5-6-12(7-9(13)15-4)8(2)10(14)11-3/h8H,5-7H2,1-4H3,(H,11,14). The predicted molar refractivity (Wildman–Crippen MR) is 57.4 cm³/mol. The van der Waals surface area contributed by atoms with Crippen molar-refractivity contribution in [2.24, 2.45) is 0 Å². The fourth-order valence-corrected chi connectivity index (χ4v) is 1.30. The number of methoxy groups -OCH3 is 1. The molecule has 0 aliphatic carbocycles. The van der Waals surface area contributed by atoms with Crippen LogP contribution in [-0.4, -0.2) is 50.1 Å². The zero-order valence-corrected chi connectivity index (χ0v) is 9.87. The van der Waals surface area contributed by atoms with Gasteiger partial charge in [-0.1, -0.05) is 6.92 Å². The van der Waals surface area contributed by atoms with Gasteiger partial charge in [0.2, 0.25) is 5.91 Å². The Morgan fingerprint density at radius 1 is 1.47 bits per heavy atom. The van der Waals surface area contributed by atoms with E-state index in [2.05, 4.69) is 10.1 Å². The number of nitrogens with one attached hydrogen (secondary N) is 1. The highest BCUT2D eigenvalue weighted by Gasteiger charge is 2.21. The summed E-state index contributed by atoms with van der Waals surface area (Å²) < 4.78 is 4.58. The van der Waals surface area contributed by atoms with Crippen LogP contribution in [0.25, 0.3) is 0 Å². The molecule has 1 atom stereocenters. The molecule has 0 bridgehead atoms. The summed E-state index contributed by atoms with van der Waals surface area (Å²) in [6.45, 7) is 4.63. The number of likely N-dealkylation sites (N-methyl/N-ethyl adjacent to an activating group) is 1. The van der Waals surface area contributed by atoms with Crippen LogP contribution in [0, 0.1) is 0 Å². The molecule has 0 fully saturated rings. The topological polar surface area (TPSA) is 58.6 Å². The first-order valence-electron chi connectivity index (χ1n) is 5.09. The number of ether oxygens (including phenoxy) is 1. The number of hydrogen-bond donors (Lipinski definition) is 1. The molecule has 0 radical (unpaired) electrons. The molecule has 5 nitrogen and oxygen atoms in total. The minimum atomic E-state index is -0.320. The summed E-state index contributed by atoms with van der Waals surface area (Å²) in [7, 11) is 2.93. The van der Waals surface area contributed by atoms with Gasteiger partial charge >= 0.3 is 5.97 Å². The molecule has 0 aromatic carbocycles. The van der Waals surface area contributed by atoms with Crippen molar-refractivity contribution in [3.63, 3.8) is 0 Å². The van der Waals surface area contributed by atoms with Crippen LogP contribution in [0.15, 0.2) is 0 Å². The lowest BCUT2D eigenvalue weighted by molar-refractivity contribution is -0.143. The molecule has 0 aromatic heterocycles. The van der Waals surface area contributed by atoms with E-state index in [0.717, 1.165) is 6.42 Å². The molecule has 0 saturated heterocycles. The van der Waals surface area contributed by atoms with Gasteiger partial charge in [-0.15, -0.1) is 0 Å². The van der Waals surface area contributed by atoms with Gasteiger partial charge < -0.3 is 10.1 Å². The summed E-state index contributed by atoms with van der Waals surface area (Å²) in [5, 5.41) is 2.56. The van der Waals surface area contributed by atoms with E-state index < -0.39 is 0 Å². The van der Waals surface area contributed by atoms with Crippen LogP contribution in [0.1, 0.15) is 20.3 Å². The maximum Gasteiger partial charge on any atom is 0.319 e. The minimum absolute atomic E-state index is 0.0904. The van der Waals surface area contributed by atoms with E-state index in [1.54, 1.807) is 18.9 Å². The summed E-state index contributed by atoms with van der Waals surface area (Å²) >= 11 is 0. The van der Waals surface area contributed by atoms with Crippen molar-refractivity contribution in [1.29, 1.82) is 0 Å². The van der Waals surface area contributed by atoms with Crippen LogP contribution in [0.5, 0.6) is 0 Å². The first-order valence-corrected chi connectivity index (χ1v) is 5.09. The second-order valence-electron chi connectivity index (χ2n) is 3.34. The van der Waals surface area contributed by atoms with Crippen LogP contribution in [-0.2, 0) is 14.3 Å². The number of carbonyl (C=O) groups is 2. The average Bonchev–Trinajstić information content (AvgIpc) is 2.26. The highest BCUT2D eigenvalue weighted by atomic mass is 16.5. The fraction of sp³-hybridized carbons (Fsp3) is 0.800. The Hall–Kier alpha value is -1.10. The Kier molecular flexibility index (Phi) is 6.70. The maximum absolute atomic E-state index is 11.4. The summed E-state index contributed by atoms with van der Waals surface area (Å²) in [6.07, 6.45) is 0.887. The molecule has 0 rings (SSSR count). The summed E-state index contributed by atoms with van der Waals surface area (Å²) in [4.78, 5) is 24.3. The zero-order chi connectivity index (χ0) is 11.8. The van der Waals surface area contributed by atoms with Crippen LogP contribution < -0.4 is 5.32 Å². The molecule has 0 heterocycles. The van der Waals surface area contributed by atoms with Gasteiger partial charge in [0.15, 0.2) is 0 Å². The molecule has 1 N–H and O–H groups in total. The molecular formula is C10H20N2O3. The van der Waals surface area contributed by atoms with Crippen molar-refractivity contribution in [2.45, 2.75) is 26.3 Å². The third-order valence-corrected chi connectivity index (χ3v) is 2.24. The number of carbonyl (C=O) groups excluding carboxylic acids is 2. The molecule has 5 heteroatoms. The van der Waals surface area contributed by atoms with Crippen molar-refractivity contribution >= 4 is 11.9 Å². The molecule has 0 aliphatic rings. The van der Waals surface area contributed by atoms with Crippen molar-refractivity contribution in [1.82, 2.24) is 10.2 Å². The molecule has 0 aliphatic heterocycles. The summed E-state index contributed by atoms with van der Waals surface area (Å²) in [5.41, 5.74) is 0. The van der Waals surface area contributed by atoms with Gasteiger partial charge in [0.05, 0.1) is 19.7 Å². The summed E-state index contributed by atoms with van der Waals surface area (Å²) in [5.74, 6) is -0.411. The van der Waals surface area contributed by atoms with Gasteiger partial charge in [-0.05, 0) is 19.9 Å². The molecule has 0 spiro atoms. The van der Waals surface area contributed by atoms with Gasteiger partial charge in [0, 0.05) is 7.05 Å². The second-order valence-corrected chi connectivity index (χ2v) is 3.34. The Labute approximate surface area is 90.8 Å². The molecule has 0 aromatic rings. The predicted octanol–water partition coefficient (Wildman–Crippen LogP) is 0.00590. The average molecular weight is 216 g/mol. The molecule has 88 valence electrons. The first kappa shape index (κ1) is 13.9. The highest BCUT2D eigenvalue weighted by Crippen LogP contribution is 2.01. The second kappa shape index (κ2) is 7.23. The number of hydrogen-bond acceptors (Lipinski definition) is 4. The normalized spacial score (nSPS) is 12.3. The Bertz CT molecular complexity index is 219. The van der Waals surface area contributed by atoms with Crippen LogP contribution in [0.4, 0.5) is 0 Å². The smallest absolute Gasteiger partial charge is 0.319 e. The Morgan fingerprint density at radius 3 is 2.47 bits per heavy atom. The van der Waals surface area contributed by atoms with Gasteiger partial charge in [-0.2, -0.15) is 0 Å². The fourth-order valence-electron chi connectivity index (χ4n) is 1.30. The van der Waals surface area contributed by atoms with Crippen molar-refractivity contribution in [3.05, 3.63) is 0 Å². The molecular weight excluding hydrogens is 196 g/mol. The van der Waals surface area contributed by atoms with E-state index in [4.69, 9.17) is 0 Å². The molecule has 1 amide bonds. The first-order chi connectivity index (χ1) is 7.06. The SMILES string of the molecule is CCCN(CC(=O)OC)C(C)C(=O)NC. The van der Waals surface area contributed by atoms with E-state index >= 15 is 0 Å². The summed E-state index contributed by atoms with van der Waals surface area (Å²) in [6, 6.07) is -0.311. The maximum atomic E-state index is 11.4. The monoisotopic (exact) mass is 216 g/mol. The number of esters is 1. The zero-order valence-electron chi connectivity index (χ0n) is 9.87. The van der Waals surface area contributed by atoms with Crippen molar-refractivity contribution < 1.29 is 14.3 Å². The number of amides is 1. The lowest BCUT2D eigenvalue weighted by Gasteiger charge is -2.25. The third kappa shape index (κ3) is 4.78. The minimum Gasteiger partial charge on any atom is -0.468 e. The van der Waals surface area contributed by atoms with Crippen molar-refractivity contribution in [3.8, 4) is 0 Å². The molecule has 1 unspecified atom stereocenters. The number of nitrogens with zero attached hydrogens (tertiary/aromatic N) is 1. The lowest BCUT2D eigenvalue weighted by atomic mass is 10.2. The van der Waals surface area contributed by atoms with Gasteiger partial charge in [-0.25, -0.2) is 0 Å². The third-order valence-electron chi connectivity index (χ3n) is 2.24. The van der Waals surface area contributed by atoms with Crippen LogP contribution >= 0.6 is 0 Å². The highest BCUT2D eigenvalue weighted by molar-refractivity contribution is 5.82. The van der Waals surface area contributed by atoms with E-state index in [0.29, 0.717) is 6.54 Å². The van der Waals surface area contributed by atoms with Gasteiger partial charge in [0.1, 0.15) is 0 Å². The largest absolute Gasteiger partial charge is 0.468 e. The quantitative estimate of drug-likeness (QED) is 0.635. The van der Waals surface area contributed by atoms with Crippen molar-refractivity contribution in [2.75, 3.05) is 27.2 Å². The van der Waals surface area contributed by atoms with E-state index in [-0.39, 0.29) is 24.5 Å². The van der Waals surface area contributed by atoms with Crippen LogP contribution in [0.2, 0.25) is 0 Å². The number of rotatable bonds is 6. The molecule has 15 heavy (non-hydrogen) atoms. The van der Waals surface area contributed by atoms with Gasteiger partial charge in [0.25, 0.3) is 0 Å². The van der Waals surface area contributed by atoms with Crippen LogP contribution in [0.3, 0.4) is 0 Å².